The summed E-state index contributed by atoms with van der Waals surface area (Å²) in [6.45, 7) is 0.556. The van der Waals surface area contributed by atoms with Crippen LogP contribution in [0.25, 0.3) is 0 Å². The van der Waals surface area contributed by atoms with Crippen LogP contribution < -0.4 is 0 Å². The van der Waals surface area contributed by atoms with Crippen LogP contribution >= 0.6 is 0 Å². The zero-order valence-corrected chi connectivity index (χ0v) is 8.43. The maximum Gasteiger partial charge on any atom is 0.333 e. The Labute approximate surface area is 88.7 Å². The lowest BCUT2D eigenvalue weighted by atomic mass is 9.87. The fourth-order valence-electron chi connectivity index (χ4n) is 2.07. The molecule has 3 nitrogen and oxygen atoms in total. The van der Waals surface area contributed by atoms with Gasteiger partial charge < -0.3 is 9.84 Å². The van der Waals surface area contributed by atoms with Crippen molar-refractivity contribution in [2.45, 2.75) is 24.9 Å². The van der Waals surface area contributed by atoms with Gasteiger partial charge in [0.25, 0.3) is 0 Å². The van der Waals surface area contributed by atoms with E-state index in [4.69, 9.17) is 9.84 Å². The summed E-state index contributed by atoms with van der Waals surface area (Å²) in [5.41, 5.74) is 1.06. The van der Waals surface area contributed by atoms with Crippen LogP contribution in [0, 0.1) is 0 Å². The smallest absolute Gasteiger partial charge is 0.333 e. The van der Waals surface area contributed by atoms with E-state index < -0.39 is 12.1 Å². The lowest BCUT2D eigenvalue weighted by molar-refractivity contribution is -0.154. The predicted molar refractivity (Wildman–Crippen MR) is 55.8 cm³/mol. The number of hydrogen-bond acceptors (Lipinski definition) is 2. The van der Waals surface area contributed by atoms with Crippen LogP contribution in [0.5, 0.6) is 0 Å². The first-order chi connectivity index (χ1) is 7.29. The molecule has 1 fully saturated rings. The molecule has 0 saturated carbocycles. The molecule has 0 unspecified atom stereocenters. The molecule has 80 valence electrons. The molecule has 0 bridgehead atoms. The van der Waals surface area contributed by atoms with Crippen LogP contribution in [0.1, 0.15) is 24.3 Å². The second-order valence-electron chi connectivity index (χ2n) is 3.79. The van der Waals surface area contributed by atoms with Crippen LogP contribution in [0.3, 0.4) is 0 Å². The van der Waals surface area contributed by atoms with E-state index in [0.29, 0.717) is 6.61 Å². The molecule has 1 aliphatic heterocycles. The van der Waals surface area contributed by atoms with E-state index in [2.05, 4.69) is 0 Å². The fourth-order valence-corrected chi connectivity index (χ4v) is 2.07. The van der Waals surface area contributed by atoms with Crippen molar-refractivity contribution < 1.29 is 14.6 Å². The molecule has 0 amide bonds. The standard InChI is InChI=1S/C12H14O3/c13-12(14)11-10(7-4-8-15-11)9-5-2-1-3-6-9/h1-3,5-6,10-11H,4,7-8H2,(H,13,14)/t10-,11-/m1/s1. The van der Waals surface area contributed by atoms with Gasteiger partial charge in [-0.2, -0.15) is 0 Å². The Balaban J connectivity index is 2.22. The van der Waals surface area contributed by atoms with Crippen molar-refractivity contribution in [3.8, 4) is 0 Å². The Hall–Kier alpha value is -1.35. The molecule has 0 aliphatic carbocycles. The molecule has 3 heteroatoms. The van der Waals surface area contributed by atoms with Crippen LogP contribution in [0.2, 0.25) is 0 Å². The number of ether oxygens (including phenoxy) is 1. The summed E-state index contributed by atoms with van der Waals surface area (Å²) >= 11 is 0. The highest BCUT2D eigenvalue weighted by atomic mass is 16.5. The third-order valence-electron chi connectivity index (χ3n) is 2.79. The second-order valence-corrected chi connectivity index (χ2v) is 3.79. The molecule has 15 heavy (non-hydrogen) atoms. The number of carboxylic acid groups (broad SMARTS) is 1. The first-order valence-corrected chi connectivity index (χ1v) is 5.18. The third-order valence-corrected chi connectivity index (χ3v) is 2.79. The highest BCUT2D eigenvalue weighted by Crippen LogP contribution is 2.30. The van der Waals surface area contributed by atoms with Gasteiger partial charge in [-0.25, -0.2) is 4.79 Å². The molecular weight excluding hydrogens is 192 g/mol. The van der Waals surface area contributed by atoms with Crippen molar-refractivity contribution >= 4 is 5.97 Å². The molecule has 1 N–H and O–H groups in total. The van der Waals surface area contributed by atoms with Crippen LogP contribution in [-0.4, -0.2) is 23.8 Å². The third kappa shape index (κ3) is 2.18. The van der Waals surface area contributed by atoms with Crippen molar-refractivity contribution in [1.82, 2.24) is 0 Å². The zero-order chi connectivity index (χ0) is 10.7. The number of benzene rings is 1. The molecule has 0 aromatic heterocycles. The van der Waals surface area contributed by atoms with Crippen molar-refractivity contribution in [3.05, 3.63) is 35.9 Å². The molecule has 1 heterocycles. The first kappa shape index (κ1) is 10.2. The molecule has 1 saturated heterocycles. The highest BCUT2D eigenvalue weighted by molar-refractivity contribution is 5.74. The zero-order valence-electron chi connectivity index (χ0n) is 8.43. The molecular formula is C12H14O3. The van der Waals surface area contributed by atoms with E-state index in [0.717, 1.165) is 18.4 Å². The fraction of sp³-hybridized carbons (Fsp3) is 0.417. The summed E-state index contributed by atoms with van der Waals surface area (Å²) in [5.74, 6) is -0.860. The van der Waals surface area contributed by atoms with E-state index in [9.17, 15) is 4.79 Å². The molecule has 0 spiro atoms. The molecule has 1 aromatic carbocycles. The van der Waals surface area contributed by atoms with Crippen molar-refractivity contribution in [2.24, 2.45) is 0 Å². The minimum absolute atomic E-state index is 0.00236. The van der Waals surface area contributed by atoms with Gasteiger partial charge in [0, 0.05) is 12.5 Å². The topological polar surface area (TPSA) is 46.5 Å². The van der Waals surface area contributed by atoms with Crippen LogP contribution in [0.4, 0.5) is 0 Å². The van der Waals surface area contributed by atoms with Gasteiger partial charge >= 0.3 is 5.97 Å². The largest absolute Gasteiger partial charge is 0.479 e. The quantitative estimate of drug-likeness (QED) is 0.805. The van der Waals surface area contributed by atoms with Gasteiger partial charge in [0.2, 0.25) is 0 Å². The van der Waals surface area contributed by atoms with Crippen molar-refractivity contribution in [2.75, 3.05) is 6.61 Å². The average molecular weight is 206 g/mol. The van der Waals surface area contributed by atoms with Gasteiger partial charge in [0.1, 0.15) is 0 Å². The number of carbonyl (C=O) groups is 1. The predicted octanol–water partition coefficient (Wildman–Crippen LogP) is 2.03. The van der Waals surface area contributed by atoms with Gasteiger partial charge in [0.15, 0.2) is 6.10 Å². The maximum absolute atomic E-state index is 11.0. The Bertz CT molecular complexity index is 334. The lowest BCUT2D eigenvalue weighted by Gasteiger charge is -2.29. The summed E-state index contributed by atoms with van der Waals surface area (Å²) in [5, 5.41) is 9.04. The first-order valence-electron chi connectivity index (χ1n) is 5.18. The van der Waals surface area contributed by atoms with Gasteiger partial charge in [-0.3, -0.25) is 0 Å². The Morgan fingerprint density at radius 3 is 2.73 bits per heavy atom. The van der Waals surface area contributed by atoms with Crippen molar-refractivity contribution in [1.29, 1.82) is 0 Å². The highest BCUT2D eigenvalue weighted by Gasteiger charge is 2.32. The SMILES string of the molecule is O=C(O)[C@@H]1OCCC[C@@H]1c1ccccc1. The van der Waals surface area contributed by atoms with E-state index in [1.54, 1.807) is 0 Å². The summed E-state index contributed by atoms with van der Waals surface area (Å²) in [4.78, 5) is 11.0. The molecule has 1 aliphatic rings. The summed E-state index contributed by atoms with van der Waals surface area (Å²) in [6.07, 6.45) is 1.14. The molecule has 2 rings (SSSR count). The lowest BCUT2D eigenvalue weighted by Crippen LogP contribution is -2.34. The maximum atomic E-state index is 11.0. The summed E-state index contributed by atoms with van der Waals surface area (Å²) < 4.78 is 5.31. The average Bonchev–Trinajstić information content (AvgIpc) is 2.30. The van der Waals surface area contributed by atoms with Gasteiger partial charge in [-0.15, -0.1) is 0 Å². The summed E-state index contributed by atoms with van der Waals surface area (Å²) in [6, 6.07) is 9.74. The van der Waals surface area contributed by atoms with E-state index in [1.807, 2.05) is 30.3 Å². The molecule has 1 aromatic rings. The summed E-state index contributed by atoms with van der Waals surface area (Å²) in [7, 11) is 0. The molecule has 2 atom stereocenters. The van der Waals surface area contributed by atoms with E-state index >= 15 is 0 Å². The number of carboxylic acids is 1. The number of rotatable bonds is 2. The van der Waals surface area contributed by atoms with Gasteiger partial charge in [-0.1, -0.05) is 30.3 Å². The van der Waals surface area contributed by atoms with Crippen molar-refractivity contribution in [3.63, 3.8) is 0 Å². The van der Waals surface area contributed by atoms with Gasteiger partial charge in [-0.05, 0) is 18.4 Å². The number of hydrogen-bond donors (Lipinski definition) is 1. The normalized spacial score (nSPS) is 26.1. The second kappa shape index (κ2) is 4.45. The van der Waals surface area contributed by atoms with Gasteiger partial charge in [0.05, 0.1) is 0 Å². The minimum Gasteiger partial charge on any atom is -0.479 e. The Morgan fingerprint density at radius 1 is 1.33 bits per heavy atom. The molecule has 0 radical (unpaired) electrons. The minimum atomic E-state index is -0.858. The van der Waals surface area contributed by atoms with Crippen LogP contribution in [-0.2, 0) is 9.53 Å². The Morgan fingerprint density at radius 2 is 2.07 bits per heavy atom. The number of aliphatic carboxylic acids is 1. The Kier molecular flexibility index (Phi) is 3.02. The van der Waals surface area contributed by atoms with E-state index in [1.165, 1.54) is 0 Å². The van der Waals surface area contributed by atoms with E-state index in [-0.39, 0.29) is 5.92 Å². The van der Waals surface area contributed by atoms with Crippen LogP contribution in [0.15, 0.2) is 30.3 Å². The monoisotopic (exact) mass is 206 g/mol.